The van der Waals surface area contributed by atoms with Gasteiger partial charge in [-0.05, 0) is 13.0 Å². The number of carbonyl (C=O) groups is 1. The van der Waals surface area contributed by atoms with Crippen molar-refractivity contribution in [3.8, 4) is 5.75 Å². The van der Waals surface area contributed by atoms with Gasteiger partial charge in [0, 0.05) is 12.1 Å². The molecule has 2 unspecified atom stereocenters. The average molecular weight is 399 g/mol. The van der Waals surface area contributed by atoms with Crippen LogP contribution in [-0.2, 0) is 25.9 Å². The van der Waals surface area contributed by atoms with Crippen LogP contribution in [0.15, 0.2) is 29.3 Å². The molecule has 142 valence electrons. The van der Waals surface area contributed by atoms with E-state index in [0.717, 1.165) is 11.3 Å². The largest absolute Gasteiger partial charge is 0.496 e. The van der Waals surface area contributed by atoms with Gasteiger partial charge in [0.05, 0.1) is 43.1 Å². The normalized spacial score (nSPS) is 23.5. The minimum atomic E-state index is -3.09. The molecule has 0 radical (unpaired) electrons. The van der Waals surface area contributed by atoms with Gasteiger partial charge in [-0.1, -0.05) is 30.0 Å². The molecule has 1 aromatic carbocycles. The summed E-state index contributed by atoms with van der Waals surface area (Å²) in [5.74, 6) is 0.735. The fraction of sp³-hybridized carbons (Fsp3) is 0.529. The second kappa shape index (κ2) is 7.87. The van der Waals surface area contributed by atoms with Gasteiger partial charge in [-0.25, -0.2) is 8.42 Å². The molecule has 2 heterocycles. The van der Waals surface area contributed by atoms with Gasteiger partial charge in [-0.2, -0.15) is 0 Å². The number of benzene rings is 1. The molecule has 2 aliphatic rings. The second-order valence-corrected chi connectivity index (χ2v) is 9.25. The molecule has 1 saturated heterocycles. The number of rotatable bonds is 6. The lowest BCUT2D eigenvalue weighted by Crippen LogP contribution is -2.38. The molecule has 0 saturated carbocycles. The number of para-hydroxylation sites is 1. The highest BCUT2D eigenvalue weighted by Gasteiger charge is 2.46. The summed E-state index contributed by atoms with van der Waals surface area (Å²) in [7, 11) is -1.48. The number of hydrogen-bond donors (Lipinski definition) is 0. The summed E-state index contributed by atoms with van der Waals surface area (Å²) in [5, 5.41) is 0.689. The van der Waals surface area contributed by atoms with Crippen molar-refractivity contribution >= 4 is 32.7 Å². The molecule has 0 amide bonds. The lowest BCUT2D eigenvalue weighted by Gasteiger charge is -2.27. The Hall–Kier alpha value is -1.74. The van der Waals surface area contributed by atoms with Gasteiger partial charge in [0.15, 0.2) is 15.0 Å². The zero-order chi connectivity index (χ0) is 18.7. The molecule has 1 fully saturated rings. The summed E-state index contributed by atoms with van der Waals surface area (Å²) in [6.07, 6.45) is 0. The lowest BCUT2D eigenvalue weighted by molar-refractivity contribution is -0.139. The van der Waals surface area contributed by atoms with E-state index in [4.69, 9.17) is 9.47 Å². The minimum Gasteiger partial charge on any atom is -0.496 e. The molecular weight excluding hydrogens is 376 g/mol. The van der Waals surface area contributed by atoms with Gasteiger partial charge < -0.3 is 14.4 Å². The van der Waals surface area contributed by atoms with Crippen LogP contribution in [0.4, 0.5) is 0 Å². The molecule has 0 N–H and O–H groups in total. The Bertz CT molecular complexity index is 809. The zero-order valence-electron chi connectivity index (χ0n) is 14.8. The summed E-state index contributed by atoms with van der Waals surface area (Å²) >= 11 is 1.30. The van der Waals surface area contributed by atoms with E-state index < -0.39 is 9.84 Å². The van der Waals surface area contributed by atoms with Crippen molar-refractivity contribution in [1.82, 2.24) is 4.90 Å². The molecule has 0 spiro atoms. The van der Waals surface area contributed by atoms with Crippen LogP contribution in [0.1, 0.15) is 12.5 Å². The van der Waals surface area contributed by atoms with E-state index in [1.165, 1.54) is 11.8 Å². The summed E-state index contributed by atoms with van der Waals surface area (Å²) in [6.45, 7) is 2.58. The summed E-state index contributed by atoms with van der Waals surface area (Å²) in [5.41, 5.74) is 0.949. The SMILES string of the molecule is CCOC(=O)CSC1=NC2CS(=O)(=O)CC2N1Cc1ccccc1OC. The molecule has 0 bridgehead atoms. The van der Waals surface area contributed by atoms with Crippen molar-refractivity contribution in [3.05, 3.63) is 29.8 Å². The van der Waals surface area contributed by atoms with E-state index in [1.54, 1.807) is 14.0 Å². The maximum atomic E-state index is 12.0. The molecule has 1 aromatic rings. The highest BCUT2D eigenvalue weighted by molar-refractivity contribution is 8.14. The number of thioether (sulfide) groups is 1. The molecule has 9 heteroatoms. The maximum Gasteiger partial charge on any atom is 0.316 e. The molecule has 7 nitrogen and oxygen atoms in total. The van der Waals surface area contributed by atoms with Crippen LogP contribution >= 0.6 is 11.8 Å². The number of nitrogens with zero attached hydrogens (tertiary/aromatic N) is 2. The number of sulfone groups is 1. The van der Waals surface area contributed by atoms with E-state index >= 15 is 0 Å². The van der Waals surface area contributed by atoms with Crippen LogP contribution in [-0.4, -0.2) is 67.5 Å². The number of carbonyl (C=O) groups excluding carboxylic acids is 1. The van der Waals surface area contributed by atoms with Crippen LogP contribution in [0.2, 0.25) is 0 Å². The number of esters is 1. The number of fused-ring (bicyclic) bond motifs is 1. The zero-order valence-corrected chi connectivity index (χ0v) is 16.4. The predicted molar refractivity (Wildman–Crippen MR) is 101 cm³/mol. The Morgan fingerprint density at radius 2 is 2.12 bits per heavy atom. The Balaban J connectivity index is 1.80. The Morgan fingerprint density at radius 3 is 2.85 bits per heavy atom. The number of hydrogen-bond acceptors (Lipinski definition) is 8. The van der Waals surface area contributed by atoms with Gasteiger partial charge >= 0.3 is 5.97 Å². The van der Waals surface area contributed by atoms with Crippen LogP contribution in [0, 0.1) is 0 Å². The molecule has 26 heavy (non-hydrogen) atoms. The van der Waals surface area contributed by atoms with Crippen molar-refractivity contribution in [2.24, 2.45) is 4.99 Å². The lowest BCUT2D eigenvalue weighted by atomic mass is 10.1. The van der Waals surface area contributed by atoms with Crippen LogP contribution in [0.5, 0.6) is 5.75 Å². The standard InChI is InChI=1S/C17H22N2O5S2/c1-3-24-16(20)9-25-17-18-13-10-26(21,22)11-14(13)19(17)8-12-6-4-5-7-15(12)23-2/h4-7,13-14H,3,8-11H2,1-2H3. The number of amidine groups is 1. The van der Waals surface area contributed by atoms with Crippen molar-refractivity contribution < 1.29 is 22.7 Å². The Morgan fingerprint density at radius 1 is 1.35 bits per heavy atom. The smallest absolute Gasteiger partial charge is 0.316 e. The first kappa shape index (κ1) is 19.0. The fourth-order valence-electron chi connectivity index (χ4n) is 3.24. The second-order valence-electron chi connectivity index (χ2n) is 6.16. The fourth-order valence-corrected chi connectivity index (χ4v) is 6.02. The maximum absolute atomic E-state index is 12.0. The summed E-state index contributed by atoms with van der Waals surface area (Å²) in [4.78, 5) is 18.3. The summed E-state index contributed by atoms with van der Waals surface area (Å²) < 4.78 is 34.4. The highest BCUT2D eigenvalue weighted by atomic mass is 32.2. The van der Waals surface area contributed by atoms with Gasteiger partial charge in [0.25, 0.3) is 0 Å². The highest BCUT2D eigenvalue weighted by Crippen LogP contribution is 2.33. The molecule has 2 atom stereocenters. The minimum absolute atomic E-state index is 0.0591. The first-order valence-corrected chi connectivity index (χ1v) is 11.2. The number of aliphatic imine (C=N–C) groups is 1. The van der Waals surface area contributed by atoms with Gasteiger partial charge in [-0.15, -0.1) is 0 Å². The molecule has 2 aliphatic heterocycles. The van der Waals surface area contributed by atoms with E-state index in [-0.39, 0.29) is 35.3 Å². The van der Waals surface area contributed by atoms with E-state index in [0.29, 0.717) is 18.3 Å². The molecule has 0 aromatic heterocycles. The average Bonchev–Trinajstić information content (AvgIpc) is 3.06. The van der Waals surface area contributed by atoms with Crippen LogP contribution in [0.25, 0.3) is 0 Å². The molecular formula is C17H22N2O5S2. The Labute approximate surface area is 157 Å². The summed E-state index contributed by atoms with van der Waals surface area (Å²) in [6, 6.07) is 7.15. The van der Waals surface area contributed by atoms with E-state index in [2.05, 4.69) is 4.99 Å². The first-order valence-electron chi connectivity index (χ1n) is 8.38. The van der Waals surface area contributed by atoms with E-state index in [1.807, 2.05) is 29.2 Å². The van der Waals surface area contributed by atoms with Gasteiger partial charge in [-0.3, -0.25) is 9.79 Å². The number of ether oxygens (including phenoxy) is 2. The molecule has 0 aliphatic carbocycles. The number of methoxy groups -OCH3 is 1. The van der Waals surface area contributed by atoms with Crippen LogP contribution in [0.3, 0.4) is 0 Å². The molecule has 3 rings (SSSR count). The van der Waals surface area contributed by atoms with Gasteiger partial charge in [0.2, 0.25) is 0 Å². The predicted octanol–water partition coefficient (Wildman–Crippen LogP) is 1.33. The quantitative estimate of drug-likeness (QED) is 0.668. The van der Waals surface area contributed by atoms with Crippen molar-refractivity contribution in [2.75, 3.05) is 31.0 Å². The van der Waals surface area contributed by atoms with Crippen molar-refractivity contribution in [3.63, 3.8) is 0 Å². The first-order chi connectivity index (χ1) is 12.4. The van der Waals surface area contributed by atoms with Crippen molar-refractivity contribution in [2.45, 2.75) is 25.6 Å². The van der Waals surface area contributed by atoms with Crippen LogP contribution < -0.4 is 4.74 Å². The van der Waals surface area contributed by atoms with Gasteiger partial charge in [0.1, 0.15) is 5.75 Å². The third kappa shape index (κ3) is 4.15. The van der Waals surface area contributed by atoms with Crippen molar-refractivity contribution in [1.29, 1.82) is 0 Å². The Kier molecular flexibility index (Phi) is 5.76. The monoisotopic (exact) mass is 398 g/mol. The van der Waals surface area contributed by atoms with E-state index in [9.17, 15) is 13.2 Å². The third-order valence-corrected chi connectivity index (χ3v) is 7.05. The third-order valence-electron chi connectivity index (χ3n) is 4.37. The topological polar surface area (TPSA) is 85.3 Å².